The molecule has 0 radical (unpaired) electrons. The predicted octanol–water partition coefficient (Wildman–Crippen LogP) is 4.25. The van der Waals surface area contributed by atoms with Gasteiger partial charge in [0.1, 0.15) is 0 Å². The van der Waals surface area contributed by atoms with E-state index in [9.17, 15) is 0 Å². The molecule has 0 amide bonds. The number of H-pyrrole nitrogens is 1. The fraction of sp³-hybridized carbons (Fsp3) is 0.0588. The molecule has 18 heavy (non-hydrogen) atoms. The van der Waals surface area contributed by atoms with Gasteiger partial charge in [0.05, 0.1) is 0 Å². The van der Waals surface area contributed by atoms with Crippen molar-refractivity contribution in [2.45, 2.75) is 6.42 Å². The summed E-state index contributed by atoms with van der Waals surface area (Å²) >= 11 is 0. The Labute approximate surface area is 106 Å². The Morgan fingerprint density at radius 1 is 0.778 bits per heavy atom. The molecule has 1 aromatic heterocycles. The molecule has 4 rings (SSSR count). The highest BCUT2D eigenvalue weighted by Crippen LogP contribution is 2.40. The lowest BCUT2D eigenvalue weighted by atomic mass is 10.0. The van der Waals surface area contributed by atoms with Crippen molar-refractivity contribution in [2.75, 3.05) is 0 Å². The SMILES string of the molecule is c1ccc(-c2c[nH]c3c2Cc2ccccc2-3)cc1. The minimum absolute atomic E-state index is 1.04. The summed E-state index contributed by atoms with van der Waals surface area (Å²) in [5, 5.41) is 0. The summed E-state index contributed by atoms with van der Waals surface area (Å²) in [4.78, 5) is 3.44. The second-order valence-electron chi connectivity index (χ2n) is 4.76. The first kappa shape index (κ1) is 9.72. The van der Waals surface area contributed by atoms with Gasteiger partial charge in [-0.05, 0) is 16.7 Å². The smallest absolute Gasteiger partial charge is 0.0499 e. The molecule has 1 heterocycles. The third kappa shape index (κ3) is 1.28. The quantitative estimate of drug-likeness (QED) is 0.504. The number of benzene rings is 2. The summed E-state index contributed by atoms with van der Waals surface area (Å²) in [7, 11) is 0. The van der Waals surface area contributed by atoms with E-state index in [2.05, 4.69) is 65.8 Å². The molecule has 0 saturated heterocycles. The van der Waals surface area contributed by atoms with E-state index in [1.165, 1.54) is 33.5 Å². The maximum atomic E-state index is 3.44. The maximum absolute atomic E-state index is 3.44. The Balaban J connectivity index is 1.91. The Bertz CT molecular complexity index is 707. The van der Waals surface area contributed by atoms with Crippen LogP contribution in [-0.4, -0.2) is 4.98 Å². The summed E-state index contributed by atoms with van der Waals surface area (Å²) < 4.78 is 0. The van der Waals surface area contributed by atoms with Crippen LogP contribution in [0.1, 0.15) is 11.1 Å². The van der Waals surface area contributed by atoms with Gasteiger partial charge in [0.25, 0.3) is 0 Å². The average Bonchev–Trinajstić information content (AvgIpc) is 2.98. The monoisotopic (exact) mass is 231 g/mol. The van der Waals surface area contributed by atoms with Crippen LogP contribution >= 0.6 is 0 Å². The molecule has 86 valence electrons. The number of fused-ring (bicyclic) bond motifs is 3. The van der Waals surface area contributed by atoms with Crippen molar-refractivity contribution in [3.05, 3.63) is 71.9 Å². The van der Waals surface area contributed by atoms with E-state index in [4.69, 9.17) is 0 Å². The molecule has 1 aliphatic rings. The predicted molar refractivity (Wildman–Crippen MR) is 74.5 cm³/mol. The fourth-order valence-electron chi connectivity index (χ4n) is 2.86. The van der Waals surface area contributed by atoms with Gasteiger partial charge in [0.15, 0.2) is 0 Å². The first-order valence-electron chi connectivity index (χ1n) is 6.27. The largest absolute Gasteiger partial charge is 0.360 e. The highest BCUT2D eigenvalue weighted by Gasteiger charge is 2.22. The molecule has 2 aromatic carbocycles. The second kappa shape index (κ2) is 3.61. The Morgan fingerprint density at radius 2 is 1.56 bits per heavy atom. The molecule has 0 aliphatic heterocycles. The molecule has 0 unspecified atom stereocenters. The van der Waals surface area contributed by atoms with Crippen molar-refractivity contribution >= 4 is 0 Å². The first-order valence-corrected chi connectivity index (χ1v) is 6.27. The van der Waals surface area contributed by atoms with Crippen LogP contribution in [0.4, 0.5) is 0 Å². The van der Waals surface area contributed by atoms with E-state index >= 15 is 0 Å². The Hall–Kier alpha value is -2.28. The van der Waals surface area contributed by atoms with Crippen LogP contribution in [0.2, 0.25) is 0 Å². The Morgan fingerprint density at radius 3 is 2.44 bits per heavy atom. The second-order valence-corrected chi connectivity index (χ2v) is 4.76. The third-order valence-corrected chi connectivity index (χ3v) is 3.73. The van der Waals surface area contributed by atoms with Crippen LogP contribution in [0.15, 0.2) is 60.8 Å². The fourth-order valence-corrected chi connectivity index (χ4v) is 2.86. The van der Waals surface area contributed by atoms with Gasteiger partial charge in [-0.2, -0.15) is 0 Å². The molecule has 0 bridgehead atoms. The molecule has 0 atom stereocenters. The lowest BCUT2D eigenvalue weighted by Crippen LogP contribution is -1.83. The highest BCUT2D eigenvalue weighted by atomic mass is 14.7. The van der Waals surface area contributed by atoms with Gasteiger partial charge in [0.2, 0.25) is 0 Å². The lowest BCUT2D eigenvalue weighted by Gasteiger charge is -2.00. The van der Waals surface area contributed by atoms with Gasteiger partial charge < -0.3 is 4.98 Å². The van der Waals surface area contributed by atoms with E-state index in [0.29, 0.717) is 0 Å². The van der Waals surface area contributed by atoms with Gasteiger partial charge >= 0.3 is 0 Å². The van der Waals surface area contributed by atoms with Gasteiger partial charge in [-0.3, -0.25) is 0 Å². The minimum Gasteiger partial charge on any atom is -0.360 e. The van der Waals surface area contributed by atoms with E-state index in [-0.39, 0.29) is 0 Å². The molecule has 1 heteroatoms. The molecule has 1 N–H and O–H groups in total. The van der Waals surface area contributed by atoms with Crippen LogP contribution in [-0.2, 0) is 6.42 Å². The van der Waals surface area contributed by atoms with Gasteiger partial charge in [-0.15, -0.1) is 0 Å². The lowest BCUT2D eigenvalue weighted by molar-refractivity contribution is 1.27. The van der Waals surface area contributed by atoms with Crippen molar-refractivity contribution in [3.63, 3.8) is 0 Å². The molecular weight excluding hydrogens is 218 g/mol. The topological polar surface area (TPSA) is 15.8 Å². The first-order chi connectivity index (χ1) is 8.93. The summed E-state index contributed by atoms with van der Waals surface area (Å²) in [5.41, 5.74) is 8.14. The maximum Gasteiger partial charge on any atom is 0.0499 e. The molecular formula is C17H13N. The third-order valence-electron chi connectivity index (χ3n) is 3.73. The number of hydrogen-bond acceptors (Lipinski definition) is 0. The number of aromatic nitrogens is 1. The number of nitrogens with one attached hydrogen (secondary N) is 1. The van der Waals surface area contributed by atoms with Crippen molar-refractivity contribution in [2.24, 2.45) is 0 Å². The number of rotatable bonds is 1. The van der Waals surface area contributed by atoms with E-state index in [0.717, 1.165) is 6.42 Å². The zero-order chi connectivity index (χ0) is 11.9. The highest BCUT2D eigenvalue weighted by molar-refractivity contribution is 5.83. The van der Waals surface area contributed by atoms with Crippen molar-refractivity contribution in [3.8, 4) is 22.4 Å². The standard InChI is InChI=1S/C17H13N/c1-2-6-12(7-3-1)16-11-18-17-14-9-5-4-8-13(14)10-15(16)17/h1-9,11,18H,10H2. The van der Waals surface area contributed by atoms with E-state index in [1.54, 1.807) is 0 Å². The molecule has 0 fully saturated rings. The molecule has 0 saturated carbocycles. The number of hydrogen-bond donors (Lipinski definition) is 1. The van der Waals surface area contributed by atoms with Crippen molar-refractivity contribution in [1.29, 1.82) is 0 Å². The summed E-state index contributed by atoms with van der Waals surface area (Å²) in [5.74, 6) is 0. The van der Waals surface area contributed by atoms with Crippen molar-refractivity contribution < 1.29 is 0 Å². The van der Waals surface area contributed by atoms with Crippen LogP contribution < -0.4 is 0 Å². The van der Waals surface area contributed by atoms with E-state index in [1.807, 2.05) is 0 Å². The molecule has 3 aromatic rings. The van der Waals surface area contributed by atoms with Crippen molar-refractivity contribution in [1.82, 2.24) is 4.98 Å². The molecule has 0 spiro atoms. The van der Waals surface area contributed by atoms with E-state index < -0.39 is 0 Å². The zero-order valence-electron chi connectivity index (χ0n) is 9.98. The summed E-state index contributed by atoms with van der Waals surface area (Å²) in [6.07, 6.45) is 3.18. The van der Waals surface area contributed by atoms with Crippen LogP contribution in [0.3, 0.4) is 0 Å². The minimum atomic E-state index is 1.04. The summed E-state index contributed by atoms with van der Waals surface area (Å²) in [6.45, 7) is 0. The van der Waals surface area contributed by atoms with Crippen LogP contribution in [0.25, 0.3) is 22.4 Å². The zero-order valence-corrected chi connectivity index (χ0v) is 9.98. The van der Waals surface area contributed by atoms with Crippen LogP contribution in [0.5, 0.6) is 0 Å². The average molecular weight is 231 g/mol. The Kier molecular flexibility index (Phi) is 1.95. The summed E-state index contributed by atoms with van der Waals surface area (Å²) in [6, 6.07) is 19.2. The van der Waals surface area contributed by atoms with Gasteiger partial charge in [0, 0.05) is 29.4 Å². The van der Waals surface area contributed by atoms with Crippen LogP contribution in [0, 0.1) is 0 Å². The number of aromatic amines is 1. The van der Waals surface area contributed by atoms with Gasteiger partial charge in [-0.25, -0.2) is 0 Å². The molecule has 1 nitrogen and oxygen atoms in total. The molecule has 1 aliphatic carbocycles. The normalized spacial score (nSPS) is 12.2. The van der Waals surface area contributed by atoms with Gasteiger partial charge in [-0.1, -0.05) is 54.6 Å².